The SMILES string of the molecule is OCCCNCc1ccc(Oc2cnccn2)cc1. The van der Waals surface area contributed by atoms with E-state index in [0.717, 1.165) is 25.3 Å². The quantitative estimate of drug-likeness (QED) is 0.741. The van der Waals surface area contributed by atoms with Gasteiger partial charge in [0.25, 0.3) is 0 Å². The summed E-state index contributed by atoms with van der Waals surface area (Å²) in [6, 6.07) is 7.80. The van der Waals surface area contributed by atoms with Crippen molar-refractivity contribution in [1.29, 1.82) is 0 Å². The molecule has 5 heteroatoms. The fourth-order valence-electron chi connectivity index (χ4n) is 1.57. The number of benzene rings is 1. The van der Waals surface area contributed by atoms with Crippen molar-refractivity contribution in [3.8, 4) is 11.6 Å². The molecule has 0 unspecified atom stereocenters. The van der Waals surface area contributed by atoms with Gasteiger partial charge in [0.2, 0.25) is 5.88 Å². The van der Waals surface area contributed by atoms with Crippen molar-refractivity contribution in [2.75, 3.05) is 13.2 Å². The molecule has 0 amide bonds. The van der Waals surface area contributed by atoms with E-state index in [1.807, 2.05) is 24.3 Å². The second kappa shape index (κ2) is 7.45. The lowest BCUT2D eigenvalue weighted by Gasteiger charge is -2.06. The fourth-order valence-corrected chi connectivity index (χ4v) is 1.57. The Kier molecular flexibility index (Phi) is 5.28. The summed E-state index contributed by atoms with van der Waals surface area (Å²) in [6.45, 7) is 1.82. The number of nitrogens with zero attached hydrogens (tertiary/aromatic N) is 2. The van der Waals surface area contributed by atoms with Crippen LogP contribution in [0.4, 0.5) is 0 Å². The van der Waals surface area contributed by atoms with Crippen LogP contribution in [0.3, 0.4) is 0 Å². The number of hydrogen-bond acceptors (Lipinski definition) is 5. The molecular formula is C14H17N3O2. The molecule has 0 saturated carbocycles. The molecule has 0 spiro atoms. The van der Waals surface area contributed by atoms with Gasteiger partial charge in [-0.1, -0.05) is 12.1 Å². The van der Waals surface area contributed by atoms with Gasteiger partial charge in [-0.05, 0) is 30.7 Å². The monoisotopic (exact) mass is 259 g/mol. The molecule has 1 aromatic heterocycles. The molecule has 2 rings (SSSR count). The summed E-state index contributed by atoms with van der Waals surface area (Å²) in [5.41, 5.74) is 1.17. The molecule has 2 aromatic rings. The van der Waals surface area contributed by atoms with Crippen LogP contribution in [-0.2, 0) is 6.54 Å². The Hall–Kier alpha value is -1.98. The van der Waals surface area contributed by atoms with Crippen LogP contribution in [0.25, 0.3) is 0 Å². The maximum atomic E-state index is 8.67. The number of ether oxygens (including phenoxy) is 1. The third kappa shape index (κ3) is 4.65. The van der Waals surface area contributed by atoms with Gasteiger partial charge < -0.3 is 15.2 Å². The number of rotatable bonds is 7. The van der Waals surface area contributed by atoms with Crippen molar-refractivity contribution in [3.05, 3.63) is 48.4 Å². The Bertz CT molecular complexity index is 474. The molecule has 0 atom stereocenters. The van der Waals surface area contributed by atoms with E-state index >= 15 is 0 Å². The number of aliphatic hydroxyl groups is 1. The molecule has 1 heterocycles. The molecule has 0 saturated heterocycles. The van der Waals surface area contributed by atoms with E-state index in [9.17, 15) is 0 Å². The molecule has 2 N–H and O–H groups in total. The van der Waals surface area contributed by atoms with Gasteiger partial charge in [-0.25, -0.2) is 4.98 Å². The van der Waals surface area contributed by atoms with Crippen molar-refractivity contribution < 1.29 is 9.84 Å². The van der Waals surface area contributed by atoms with Crippen molar-refractivity contribution in [2.45, 2.75) is 13.0 Å². The lowest BCUT2D eigenvalue weighted by atomic mass is 10.2. The van der Waals surface area contributed by atoms with Crippen LogP contribution in [0.5, 0.6) is 11.6 Å². The first-order chi connectivity index (χ1) is 9.38. The van der Waals surface area contributed by atoms with Crippen LogP contribution in [0, 0.1) is 0 Å². The van der Waals surface area contributed by atoms with Crippen molar-refractivity contribution in [2.24, 2.45) is 0 Å². The minimum atomic E-state index is 0.220. The average molecular weight is 259 g/mol. The van der Waals surface area contributed by atoms with Gasteiger partial charge in [0.05, 0.1) is 6.20 Å². The minimum absolute atomic E-state index is 0.220. The van der Waals surface area contributed by atoms with Gasteiger partial charge in [0.15, 0.2) is 0 Å². The molecule has 100 valence electrons. The summed E-state index contributed by atoms with van der Waals surface area (Å²) >= 11 is 0. The predicted molar refractivity (Wildman–Crippen MR) is 72.0 cm³/mol. The predicted octanol–water partition coefficient (Wildman–Crippen LogP) is 1.74. The van der Waals surface area contributed by atoms with Crippen LogP contribution >= 0.6 is 0 Å². The lowest BCUT2D eigenvalue weighted by Crippen LogP contribution is -2.15. The largest absolute Gasteiger partial charge is 0.438 e. The maximum absolute atomic E-state index is 8.67. The highest BCUT2D eigenvalue weighted by molar-refractivity contribution is 5.29. The van der Waals surface area contributed by atoms with Gasteiger partial charge in [-0.2, -0.15) is 0 Å². The zero-order valence-corrected chi connectivity index (χ0v) is 10.6. The van der Waals surface area contributed by atoms with E-state index < -0.39 is 0 Å². The number of nitrogens with one attached hydrogen (secondary N) is 1. The lowest BCUT2D eigenvalue weighted by molar-refractivity contribution is 0.286. The van der Waals surface area contributed by atoms with Crippen LogP contribution in [0.2, 0.25) is 0 Å². The Labute approximate surface area is 112 Å². The molecule has 0 aliphatic carbocycles. The van der Waals surface area contributed by atoms with Gasteiger partial charge in [0, 0.05) is 25.5 Å². The van der Waals surface area contributed by atoms with Gasteiger partial charge in [-0.15, -0.1) is 0 Å². The van der Waals surface area contributed by atoms with E-state index in [4.69, 9.17) is 9.84 Å². The zero-order chi connectivity index (χ0) is 13.3. The Balaban J connectivity index is 1.84. The molecule has 0 radical (unpaired) electrons. The summed E-state index contributed by atoms with van der Waals surface area (Å²) in [5.74, 6) is 1.22. The van der Waals surface area contributed by atoms with Gasteiger partial charge in [0.1, 0.15) is 5.75 Å². The Morgan fingerprint density at radius 2 is 2.00 bits per heavy atom. The van der Waals surface area contributed by atoms with Crippen LogP contribution < -0.4 is 10.1 Å². The topological polar surface area (TPSA) is 67.3 Å². The van der Waals surface area contributed by atoms with Crippen molar-refractivity contribution in [3.63, 3.8) is 0 Å². The van der Waals surface area contributed by atoms with Gasteiger partial charge >= 0.3 is 0 Å². The zero-order valence-electron chi connectivity index (χ0n) is 10.6. The smallest absolute Gasteiger partial charge is 0.237 e. The molecule has 19 heavy (non-hydrogen) atoms. The molecule has 1 aromatic carbocycles. The first-order valence-corrected chi connectivity index (χ1v) is 6.23. The minimum Gasteiger partial charge on any atom is -0.438 e. The highest BCUT2D eigenvalue weighted by atomic mass is 16.5. The first-order valence-electron chi connectivity index (χ1n) is 6.23. The van der Waals surface area contributed by atoms with Crippen LogP contribution in [-0.4, -0.2) is 28.2 Å². The highest BCUT2D eigenvalue weighted by Gasteiger charge is 1.98. The summed E-state index contributed by atoms with van der Waals surface area (Å²) in [6.07, 6.45) is 5.54. The molecular weight excluding hydrogens is 242 g/mol. The highest BCUT2D eigenvalue weighted by Crippen LogP contribution is 2.18. The second-order valence-electron chi connectivity index (χ2n) is 4.04. The normalized spacial score (nSPS) is 10.4. The van der Waals surface area contributed by atoms with E-state index in [-0.39, 0.29) is 6.61 Å². The van der Waals surface area contributed by atoms with Gasteiger partial charge in [-0.3, -0.25) is 4.98 Å². The first kappa shape index (κ1) is 13.5. The number of hydrogen-bond donors (Lipinski definition) is 2. The number of aliphatic hydroxyl groups excluding tert-OH is 1. The molecule has 0 aliphatic heterocycles. The van der Waals surface area contributed by atoms with E-state index in [0.29, 0.717) is 5.88 Å². The molecule has 0 bridgehead atoms. The van der Waals surface area contributed by atoms with E-state index in [1.165, 1.54) is 5.56 Å². The van der Waals surface area contributed by atoms with Crippen molar-refractivity contribution >= 4 is 0 Å². The van der Waals surface area contributed by atoms with E-state index in [2.05, 4.69) is 15.3 Å². The Morgan fingerprint density at radius 1 is 1.16 bits per heavy atom. The standard InChI is InChI=1S/C14H17N3O2/c18-9-1-6-15-10-12-2-4-13(5-3-12)19-14-11-16-7-8-17-14/h2-5,7-8,11,15,18H,1,6,9-10H2. The summed E-state index contributed by atoms with van der Waals surface area (Å²) in [7, 11) is 0. The second-order valence-corrected chi connectivity index (χ2v) is 4.04. The molecule has 5 nitrogen and oxygen atoms in total. The maximum Gasteiger partial charge on any atom is 0.237 e. The summed E-state index contributed by atoms with van der Waals surface area (Å²) in [4.78, 5) is 7.98. The van der Waals surface area contributed by atoms with Crippen LogP contribution in [0.1, 0.15) is 12.0 Å². The molecule has 0 fully saturated rings. The van der Waals surface area contributed by atoms with Crippen molar-refractivity contribution in [1.82, 2.24) is 15.3 Å². The fraction of sp³-hybridized carbons (Fsp3) is 0.286. The third-order valence-corrected chi connectivity index (χ3v) is 2.53. The van der Waals surface area contributed by atoms with Crippen LogP contribution in [0.15, 0.2) is 42.9 Å². The molecule has 0 aliphatic rings. The Morgan fingerprint density at radius 3 is 2.68 bits per heavy atom. The van der Waals surface area contributed by atoms with E-state index in [1.54, 1.807) is 18.6 Å². The number of aromatic nitrogens is 2. The average Bonchev–Trinajstić information content (AvgIpc) is 2.46. The third-order valence-electron chi connectivity index (χ3n) is 2.53. The summed E-state index contributed by atoms with van der Waals surface area (Å²) < 4.78 is 5.55. The summed E-state index contributed by atoms with van der Waals surface area (Å²) in [5, 5.41) is 11.9.